The molecule has 2 rings (SSSR count). The van der Waals surface area contributed by atoms with Gasteiger partial charge >= 0.3 is 0 Å². The van der Waals surface area contributed by atoms with Crippen molar-refractivity contribution < 1.29 is 9.53 Å². The minimum Gasteiger partial charge on any atom is -0.383 e. The highest BCUT2D eigenvalue weighted by Gasteiger charge is 2.08. The molecule has 2 N–H and O–H groups in total. The van der Waals surface area contributed by atoms with E-state index < -0.39 is 0 Å². The van der Waals surface area contributed by atoms with E-state index in [1.165, 1.54) is 0 Å². The first kappa shape index (κ1) is 15.0. The number of methoxy groups -OCH3 is 1. The van der Waals surface area contributed by atoms with E-state index in [-0.39, 0.29) is 5.91 Å². The number of hydrogen-bond donors (Lipinski definition) is 2. The third kappa shape index (κ3) is 4.29. The predicted molar refractivity (Wildman–Crippen MR) is 83.7 cm³/mol. The predicted octanol–water partition coefficient (Wildman–Crippen LogP) is 2.70. The summed E-state index contributed by atoms with van der Waals surface area (Å²) in [5.41, 5.74) is 3.06. The van der Waals surface area contributed by atoms with Crippen molar-refractivity contribution in [2.24, 2.45) is 0 Å². The summed E-state index contributed by atoms with van der Waals surface area (Å²) in [5, 5.41) is 6.01. The Labute approximate surface area is 124 Å². The number of pyridine rings is 1. The zero-order valence-electron chi connectivity index (χ0n) is 12.2. The second-order valence-corrected chi connectivity index (χ2v) is 4.62. The molecule has 21 heavy (non-hydrogen) atoms. The molecule has 110 valence electrons. The van der Waals surface area contributed by atoms with E-state index in [9.17, 15) is 4.79 Å². The minimum absolute atomic E-state index is 0.215. The van der Waals surface area contributed by atoms with Crippen LogP contribution in [0.25, 0.3) is 0 Å². The van der Waals surface area contributed by atoms with E-state index in [0.717, 1.165) is 16.9 Å². The number of ether oxygens (including phenoxy) is 1. The molecular formula is C16H19N3O2. The molecule has 0 unspecified atom stereocenters. The van der Waals surface area contributed by atoms with E-state index in [1.807, 2.05) is 37.3 Å². The Bertz CT molecular complexity index is 597. The molecule has 0 saturated carbocycles. The number of aryl methyl sites for hydroxylation is 1. The summed E-state index contributed by atoms with van der Waals surface area (Å²) in [7, 11) is 1.65. The van der Waals surface area contributed by atoms with Crippen molar-refractivity contribution in [3.63, 3.8) is 0 Å². The molecule has 5 heteroatoms. The first-order valence-corrected chi connectivity index (χ1v) is 6.76. The molecule has 0 aliphatic rings. The van der Waals surface area contributed by atoms with Crippen molar-refractivity contribution in [3.8, 4) is 0 Å². The van der Waals surface area contributed by atoms with Gasteiger partial charge in [-0.2, -0.15) is 0 Å². The molecule has 0 aliphatic heterocycles. The largest absolute Gasteiger partial charge is 0.383 e. The van der Waals surface area contributed by atoms with E-state index in [4.69, 9.17) is 4.74 Å². The Morgan fingerprint density at radius 1 is 1.24 bits per heavy atom. The van der Waals surface area contributed by atoms with Gasteiger partial charge in [0.25, 0.3) is 5.91 Å². The molecule has 0 spiro atoms. The quantitative estimate of drug-likeness (QED) is 0.801. The Morgan fingerprint density at radius 2 is 2.05 bits per heavy atom. The number of para-hydroxylation sites is 1. The molecule has 0 aliphatic carbocycles. The van der Waals surface area contributed by atoms with Gasteiger partial charge < -0.3 is 15.4 Å². The lowest BCUT2D eigenvalue weighted by Gasteiger charge is -2.08. The number of anilines is 2. The topological polar surface area (TPSA) is 63.2 Å². The minimum atomic E-state index is -0.215. The zero-order chi connectivity index (χ0) is 15.1. The van der Waals surface area contributed by atoms with Gasteiger partial charge in [-0.25, -0.2) is 4.98 Å². The van der Waals surface area contributed by atoms with Crippen LogP contribution in [0.3, 0.4) is 0 Å². The maximum absolute atomic E-state index is 12.1. The summed E-state index contributed by atoms with van der Waals surface area (Å²) in [6, 6.07) is 11.2. The molecule has 1 aromatic carbocycles. The number of aromatic nitrogens is 1. The molecule has 0 radical (unpaired) electrons. The fourth-order valence-corrected chi connectivity index (χ4v) is 1.83. The van der Waals surface area contributed by atoms with Crippen LogP contribution in [0.15, 0.2) is 42.6 Å². The van der Waals surface area contributed by atoms with Gasteiger partial charge in [-0.1, -0.05) is 18.2 Å². The Kier molecular flexibility index (Phi) is 5.29. The van der Waals surface area contributed by atoms with Crippen LogP contribution in [0.4, 0.5) is 11.4 Å². The Morgan fingerprint density at radius 3 is 2.71 bits per heavy atom. The van der Waals surface area contributed by atoms with E-state index in [2.05, 4.69) is 15.6 Å². The van der Waals surface area contributed by atoms with Crippen LogP contribution in [-0.2, 0) is 4.74 Å². The lowest BCUT2D eigenvalue weighted by Crippen LogP contribution is -2.14. The van der Waals surface area contributed by atoms with Crippen LogP contribution in [0, 0.1) is 6.92 Å². The van der Waals surface area contributed by atoms with E-state index in [1.54, 1.807) is 19.4 Å². The summed E-state index contributed by atoms with van der Waals surface area (Å²) >= 11 is 0. The average Bonchev–Trinajstić information content (AvgIpc) is 2.50. The highest BCUT2D eigenvalue weighted by molar-refractivity contribution is 6.03. The fraction of sp³-hybridized carbons (Fsp3) is 0.250. The fourth-order valence-electron chi connectivity index (χ4n) is 1.83. The molecule has 2 aromatic rings. The van der Waals surface area contributed by atoms with Crippen LogP contribution < -0.4 is 10.6 Å². The molecular weight excluding hydrogens is 266 g/mol. The summed E-state index contributed by atoms with van der Waals surface area (Å²) in [5.74, 6) is -0.215. The van der Waals surface area contributed by atoms with Gasteiger partial charge in [0.15, 0.2) is 0 Å². The number of carbonyl (C=O) groups is 1. The van der Waals surface area contributed by atoms with Gasteiger partial charge in [0.1, 0.15) is 5.69 Å². The number of benzene rings is 1. The number of hydrogen-bond acceptors (Lipinski definition) is 4. The van der Waals surface area contributed by atoms with Gasteiger partial charge in [0.05, 0.1) is 18.5 Å². The number of nitrogens with one attached hydrogen (secondary N) is 2. The molecule has 0 fully saturated rings. The van der Waals surface area contributed by atoms with E-state index in [0.29, 0.717) is 18.8 Å². The zero-order valence-corrected chi connectivity index (χ0v) is 12.2. The van der Waals surface area contributed by atoms with Crippen molar-refractivity contribution >= 4 is 17.3 Å². The lowest BCUT2D eigenvalue weighted by molar-refractivity contribution is 0.102. The van der Waals surface area contributed by atoms with Crippen molar-refractivity contribution in [2.45, 2.75) is 6.92 Å². The average molecular weight is 285 g/mol. The van der Waals surface area contributed by atoms with Crippen LogP contribution >= 0.6 is 0 Å². The molecule has 5 nitrogen and oxygen atoms in total. The first-order valence-electron chi connectivity index (χ1n) is 6.76. The monoisotopic (exact) mass is 285 g/mol. The Hall–Kier alpha value is -2.40. The van der Waals surface area contributed by atoms with Crippen LogP contribution in [0.2, 0.25) is 0 Å². The summed E-state index contributed by atoms with van der Waals surface area (Å²) in [6.07, 6.45) is 1.64. The molecule has 0 atom stereocenters. The third-order valence-electron chi connectivity index (χ3n) is 3.02. The lowest BCUT2D eigenvalue weighted by atomic mass is 10.2. The summed E-state index contributed by atoms with van der Waals surface area (Å²) in [4.78, 5) is 16.3. The van der Waals surface area contributed by atoms with Gasteiger partial charge in [-0.15, -0.1) is 0 Å². The second kappa shape index (κ2) is 7.40. The number of rotatable bonds is 6. The smallest absolute Gasteiger partial charge is 0.274 e. The molecule has 1 aromatic heterocycles. The SMILES string of the molecule is COCCNc1ccc(C(=O)Nc2ccccc2C)nc1. The van der Waals surface area contributed by atoms with Crippen LogP contribution in [0.5, 0.6) is 0 Å². The highest BCUT2D eigenvalue weighted by Crippen LogP contribution is 2.14. The second-order valence-electron chi connectivity index (χ2n) is 4.62. The molecule has 1 heterocycles. The number of nitrogens with zero attached hydrogens (tertiary/aromatic N) is 1. The number of carbonyl (C=O) groups excluding carboxylic acids is 1. The van der Waals surface area contributed by atoms with Gasteiger partial charge in [0, 0.05) is 19.3 Å². The number of amides is 1. The molecule has 1 amide bonds. The summed E-state index contributed by atoms with van der Waals surface area (Å²) < 4.78 is 4.96. The van der Waals surface area contributed by atoms with Gasteiger partial charge in [0.2, 0.25) is 0 Å². The van der Waals surface area contributed by atoms with Crippen LogP contribution in [-0.4, -0.2) is 31.2 Å². The van der Waals surface area contributed by atoms with Gasteiger partial charge in [-0.3, -0.25) is 4.79 Å². The standard InChI is InChI=1S/C16H19N3O2/c1-12-5-3-4-6-14(12)19-16(20)15-8-7-13(11-18-15)17-9-10-21-2/h3-8,11,17H,9-10H2,1-2H3,(H,19,20). The van der Waals surface area contributed by atoms with Crippen molar-refractivity contribution in [1.82, 2.24) is 4.98 Å². The molecule has 0 bridgehead atoms. The molecule has 0 saturated heterocycles. The summed E-state index contributed by atoms with van der Waals surface area (Å²) in [6.45, 7) is 3.27. The van der Waals surface area contributed by atoms with E-state index >= 15 is 0 Å². The Balaban J connectivity index is 1.98. The first-order chi connectivity index (χ1) is 10.2. The third-order valence-corrected chi connectivity index (χ3v) is 3.02. The van der Waals surface area contributed by atoms with Crippen molar-refractivity contribution in [2.75, 3.05) is 30.9 Å². The van der Waals surface area contributed by atoms with Crippen molar-refractivity contribution in [3.05, 3.63) is 53.9 Å². The normalized spacial score (nSPS) is 10.2. The maximum Gasteiger partial charge on any atom is 0.274 e. The van der Waals surface area contributed by atoms with Gasteiger partial charge in [-0.05, 0) is 30.7 Å². The highest BCUT2D eigenvalue weighted by atomic mass is 16.5. The van der Waals surface area contributed by atoms with Crippen molar-refractivity contribution in [1.29, 1.82) is 0 Å². The van der Waals surface area contributed by atoms with Crippen LogP contribution in [0.1, 0.15) is 16.1 Å². The maximum atomic E-state index is 12.1.